The number of aliphatic hydroxyl groups is 2. The van der Waals surface area contributed by atoms with Gasteiger partial charge in [0.05, 0.1) is 25.4 Å². The molecule has 0 aromatic heterocycles. The van der Waals surface area contributed by atoms with E-state index in [1.807, 2.05) is 6.08 Å². The Hall–Kier alpha value is -2.44. The summed E-state index contributed by atoms with van der Waals surface area (Å²) < 4.78 is 5.49. The zero-order chi connectivity index (χ0) is 63.5. The van der Waals surface area contributed by atoms with E-state index in [0.29, 0.717) is 19.4 Å². The van der Waals surface area contributed by atoms with Gasteiger partial charge in [-0.25, -0.2) is 0 Å². The number of esters is 1. The topological polar surface area (TPSA) is 95.9 Å². The molecule has 2 atom stereocenters. The first-order valence-electron chi connectivity index (χ1n) is 39.6. The van der Waals surface area contributed by atoms with Crippen LogP contribution in [-0.4, -0.2) is 47.4 Å². The van der Waals surface area contributed by atoms with Crippen molar-refractivity contribution in [2.45, 2.75) is 437 Å². The summed E-state index contributed by atoms with van der Waals surface area (Å²) in [5.74, 6) is -0.0570. The first-order valence-corrected chi connectivity index (χ1v) is 39.6. The van der Waals surface area contributed by atoms with Gasteiger partial charge in [0, 0.05) is 12.8 Å². The minimum Gasteiger partial charge on any atom is -0.466 e. The van der Waals surface area contributed by atoms with Crippen molar-refractivity contribution in [3.05, 3.63) is 60.8 Å². The largest absolute Gasteiger partial charge is 0.466 e. The highest BCUT2D eigenvalue weighted by Gasteiger charge is 2.18. The SMILES string of the molecule is CCCCCC/C=C\C/C=C\CCCCCCCC(=O)OCCCCCCCCCCCCCCC/C=C\C/C=C\CCCCCCCCCCCCCCCCCCCC(=O)NC(CO)C(O)/C=C/CCCCCCCCCCCCCCCCCC. The Morgan fingerprint density at radius 1 is 0.318 bits per heavy atom. The first kappa shape index (κ1) is 85.6. The van der Waals surface area contributed by atoms with E-state index >= 15 is 0 Å². The van der Waals surface area contributed by atoms with Gasteiger partial charge in [-0.3, -0.25) is 9.59 Å². The van der Waals surface area contributed by atoms with Gasteiger partial charge in [-0.1, -0.05) is 376 Å². The lowest BCUT2D eigenvalue weighted by Crippen LogP contribution is -2.45. The first-order chi connectivity index (χ1) is 43.5. The van der Waals surface area contributed by atoms with Gasteiger partial charge in [0.25, 0.3) is 0 Å². The van der Waals surface area contributed by atoms with E-state index in [0.717, 1.165) is 57.8 Å². The zero-order valence-corrected chi connectivity index (χ0v) is 59.2. The smallest absolute Gasteiger partial charge is 0.305 e. The van der Waals surface area contributed by atoms with Crippen molar-refractivity contribution < 1.29 is 24.5 Å². The molecule has 3 N–H and O–H groups in total. The van der Waals surface area contributed by atoms with Crippen LogP contribution in [0.5, 0.6) is 0 Å². The molecule has 0 heterocycles. The number of carbonyl (C=O) groups excluding carboxylic acids is 2. The maximum Gasteiger partial charge on any atom is 0.305 e. The molecular weight excluding hydrogens is 1080 g/mol. The van der Waals surface area contributed by atoms with E-state index in [2.05, 4.69) is 67.8 Å². The number of unbranched alkanes of at least 4 members (excludes halogenated alkanes) is 55. The molecule has 6 heteroatoms. The van der Waals surface area contributed by atoms with Crippen molar-refractivity contribution in [1.29, 1.82) is 0 Å². The molecule has 6 nitrogen and oxygen atoms in total. The fourth-order valence-corrected chi connectivity index (χ4v) is 12.2. The molecule has 0 radical (unpaired) electrons. The summed E-state index contributed by atoms with van der Waals surface area (Å²) >= 11 is 0. The lowest BCUT2D eigenvalue weighted by Gasteiger charge is -2.20. The Morgan fingerprint density at radius 3 is 0.875 bits per heavy atom. The minimum atomic E-state index is -0.844. The third-order valence-electron chi connectivity index (χ3n) is 18.3. The van der Waals surface area contributed by atoms with E-state index in [4.69, 9.17) is 4.74 Å². The second-order valence-corrected chi connectivity index (χ2v) is 27.0. The molecule has 0 bridgehead atoms. The number of rotatable bonds is 74. The van der Waals surface area contributed by atoms with Crippen LogP contribution in [0.25, 0.3) is 0 Å². The molecule has 0 aliphatic heterocycles. The quantitative estimate of drug-likeness (QED) is 0.0320. The summed E-state index contributed by atoms with van der Waals surface area (Å²) in [6.45, 7) is 4.91. The Labute approximate surface area is 549 Å². The van der Waals surface area contributed by atoms with Crippen LogP contribution in [-0.2, 0) is 14.3 Å². The Balaban J connectivity index is 3.38. The fourth-order valence-electron chi connectivity index (χ4n) is 12.2. The van der Waals surface area contributed by atoms with Crippen LogP contribution in [0.4, 0.5) is 0 Å². The number of ether oxygens (including phenoxy) is 1. The van der Waals surface area contributed by atoms with Crippen LogP contribution >= 0.6 is 0 Å². The summed E-state index contributed by atoms with van der Waals surface area (Å²) in [5.41, 5.74) is 0. The third kappa shape index (κ3) is 72.6. The maximum atomic E-state index is 12.5. The molecule has 0 saturated heterocycles. The molecule has 516 valence electrons. The number of hydrogen-bond acceptors (Lipinski definition) is 5. The summed E-state index contributed by atoms with van der Waals surface area (Å²) in [4.78, 5) is 24.6. The standard InChI is InChI=1S/C82H153NO5/c1-3-5-7-9-11-13-15-17-19-21-43-46-50-54-58-62-66-70-74-80(85)79(78-84)83-81(86)75-71-67-63-59-55-51-47-44-41-39-37-35-33-31-29-27-25-23-22-24-26-28-30-32-34-36-38-40-42-45-49-53-57-61-65-69-73-77-88-82(87)76-72-68-64-60-56-52-48-20-18-16-14-12-10-8-6-4-2/h14,16,20,22,24,28,30,48,70,74,79-80,84-85H,3-13,15,17-19,21,23,25-27,29,31-47,49-69,71-73,75-78H2,1-2H3,(H,83,86)/b16-14-,24-22-,30-28-,48-20-,74-70+. The second kappa shape index (κ2) is 77.0. The molecule has 0 fully saturated rings. The molecule has 1 amide bonds. The Bertz CT molecular complexity index is 1520. The van der Waals surface area contributed by atoms with E-state index in [9.17, 15) is 19.8 Å². The lowest BCUT2D eigenvalue weighted by molar-refractivity contribution is -0.143. The number of nitrogens with one attached hydrogen (secondary N) is 1. The molecular formula is C82H153NO5. The Morgan fingerprint density at radius 2 is 0.568 bits per heavy atom. The molecule has 0 aliphatic rings. The highest BCUT2D eigenvalue weighted by Crippen LogP contribution is 2.19. The predicted molar refractivity (Wildman–Crippen MR) is 389 cm³/mol. The van der Waals surface area contributed by atoms with Gasteiger partial charge >= 0.3 is 5.97 Å². The van der Waals surface area contributed by atoms with Crippen LogP contribution in [0.1, 0.15) is 425 Å². The summed E-state index contributed by atoms with van der Waals surface area (Å²) in [5, 5.41) is 23.2. The number of carbonyl (C=O) groups is 2. The van der Waals surface area contributed by atoms with Crippen molar-refractivity contribution in [2.75, 3.05) is 13.2 Å². The number of hydrogen-bond donors (Lipinski definition) is 3. The number of amides is 1. The summed E-state index contributed by atoms with van der Waals surface area (Å²) in [7, 11) is 0. The van der Waals surface area contributed by atoms with Crippen molar-refractivity contribution in [2.24, 2.45) is 0 Å². The molecule has 0 aromatic carbocycles. The lowest BCUT2D eigenvalue weighted by atomic mass is 10.0. The van der Waals surface area contributed by atoms with Gasteiger partial charge in [-0.15, -0.1) is 0 Å². The van der Waals surface area contributed by atoms with Gasteiger partial charge in [-0.2, -0.15) is 0 Å². The molecule has 0 saturated carbocycles. The molecule has 0 aliphatic carbocycles. The van der Waals surface area contributed by atoms with Gasteiger partial charge in [0.15, 0.2) is 0 Å². The van der Waals surface area contributed by atoms with Crippen LogP contribution in [0.15, 0.2) is 60.8 Å². The van der Waals surface area contributed by atoms with E-state index in [1.165, 1.54) is 340 Å². The number of aliphatic hydroxyl groups excluding tert-OH is 2. The number of allylic oxidation sites excluding steroid dienone is 9. The predicted octanol–water partition coefficient (Wildman–Crippen LogP) is 26.2. The minimum absolute atomic E-state index is 0.00519. The molecule has 0 rings (SSSR count). The fraction of sp³-hybridized carbons (Fsp3) is 0.854. The van der Waals surface area contributed by atoms with Gasteiger partial charge in [0.1, 0.15) is 0 Å². The molecule has 2 unspecified atom stereocenters. The highest BCUT2D eigenvalue weighted by atomic mass is 16.5. The average molecular weight is 1230 g/mol. The maximum absolute atomic E-state index is 12.5. The zero-order valence-electron chi connectivity index (χ0n) is 59.2. The van der Waals surface area contributed by atoms with Crippen LogP contribution in [0.3, 0.4) is 0 Å². The van der Waals surface area contributed by atoms with E-state index < -0.39 is 12.1 Å². The second-order valence-electron chi connectivity index (χ2n) is 27.0. The van der Waals surface area contributed by atoms with Gasteiger partial charge in [-0.05, 0) is 96.3 Å². The summed E-state index contributed by atoms with van der Waals surface area (Å²) in [6, 6.07) is -0.627. The highest BCUT2D eigenvalue weighted by molar-refractivity contribution is 5.76. The molecule has 0 spiro atoms. The monoisotopic (exact) mass is 1230 g/mol. The van der Waals surface area contributed by atoms with Crippen LogP contribution in [0.2, 0.25) is 0 Å². The van der Waals surface area contributed by atoms with Crippen molar-refractivity contribution in [3.8, 4) is 0 Å². The van der Waals surface area contributed by atoms with E-state index in [-0.39, 0.29) is 18.5 Å². The van der Waals surface area contributed by atoms with Crippen molar-refractivity contribution in [1.82, 2.24) is 5.32 Å². The van der Waals surface area contributed by atoms with Gasteiger partial charge in [0.2, 0.25) is 5.91 Å². The summed E-state index contributed by atoms with van der Waals surface area (Å²) in [6.07, 6.45) is 103. The average Bonchev–Trinajstić information content (AvgIpc) is 3.58. The third-order valence-corrected chi connectivity index (χ3v) is 18.3. The molecule has 88 heavy (non-hydrogen) atoms. The van der Waals surface area contributed by atoms with Gasteiger partial charge < -0.3 is 20.3 Å². The van der Waals surface area contributed by atoms with E-state index in [1.54, 1.807) is 6.08 Å². The normalized spacial score (nSPS) is 12.8. The molecule has 0 aromatic rings. The van der Waals surface area contributed by atoms with Crippen molar-refractivity contribution >= 4 is 11.9 Å². The van der Waals surface area contributed by atoms with Crippen molar-refractivity contribution in [3.63, 3.8) is 0 Å². The Kier molecular flexibility index (Phi) is 74.9. The van der Waals surface area contributed by atoms with Crippen LogP contribution in [0, 0.1) is 0 Å². The van der Waals surface area contributed by atoms with Crippen LogP contribution < -0.4 is 5.32 Å².